The second kappa shape index (κ2) is 5.09. The van der Waals surface area contributed by atoms with Crippen LogP contribution in [0.1, 0.15) is 16.1 Å². The van der Waals surface area contributed by atoms with Crippen molar-refractivity contribution in [3.63, 3.8) is 0 Å². The number of aliphatic hydroxyl groups is 1. The van der Waals surface area contributed by atoms with Gasteiger partial charge in [-0.3, -0.25) is 4.79 Å². The highest BCUT2D eigenvalue weighted by molar-refractivity contribution is 7.20. The van der Waals surface area contributed by atoms with Gasteiger partial charge in [-0.05, 0) is 23.6 Å². The molecule has 5 nitrogen and oxygen atoms in total. The summed E-state index contributed by atoms with van der Waals surface area (Å²) in [6.45, 7) is -0.00158. The summed E-state index contributed by atoms with van der Waals surface area (Å²) in [7, 11) is 0. The molecule has 0 aliphatic carbocycles. The van der Waals surface area contributed by atoms with Crippen LogP contribution >= 0.6 is 11.3 Å². The van der Waals surface area contributed by atoms with Crippen molar-refractivity contribution in [2.24, 2.45) is 0 Å². The number of benzene rings is 1. The standard InChI is InChI=1S/C14H12FNO4S/c15-8-2-1-7-3-12(21-11(7)4-8)13(18)16-6-9(17)5-10(16)14(19)20/h1-4,9-10,17H,5-6H2,(H,19,20)/t9-,10+/m1/s1. The van der Waals surface area contributed by atoms with E-state index in [4.69, 9.17) is 5.11 Å². The van der Waals surface area contributed by atoms with Gasteiger partial charge in [0, 0.05) is 17.7 Å². The van der Waals surface area contributed by atoms with Gasteiger partial charge in [0.15, 0.2) is 0 Å². The Kier molecular flexibility index (Phi) is 3.38. The molecule has 0 saturated carbocycles. The number of rotatable bonds is 2. The summed E-state index contributed by atoms with van der Waals surface area (Å²) < 4.78 is 13.8. The molecule has 110 valence electrons. The minimum Gasteiger partial charge on any atom is -0.480 e. The Labute approximate surface area is 123 Å². The van der Waals surface area contributed by atoms with E-state index in [2.05, 4.69) is 0 Å². The molecule has 0 spiro atoms. The van der Waals surface area contributed by atoms with E-state index < -0.39 is 24.0 Å². The lowest BCUT2D eigenvalue weighted by Crippen LogP contribution is -2.40. The van der Waals surface area contributed by atoms with Gasteiger partial charge in [-0.15, -0.1) is 11.3 Å². The van der Waals surface area contributed by atoms with Gasteiger partial charge < -0.3 is 15.1 Å². The van der Waals surface area contributed by atoms with Gasteiger partial charge in [0.25, 0.3) is 5.91 Å². The zero-order valence-corrected chi connectivity index (χ0v) is 11.6. The normalized spacial score (nSPS) is 21.9. The summed E-state index contributed by atoms with van der Waals surface area (Å²) in [6, 6.07) is 4.82. The number of hydrogen-bond acceptors (Lipinski definition) is 4. The highest BCUT2D eigenvalue weighted by Gasteiger charge is 2.39. The summed E-state index contributed by atoms with van der Waals surface area (Å²) in [5.74, 6) is -1.96. The molecule has 7 heteroatoms. The molecule has 0 bridgehead atoms. The minimum atomic E-state index is -1.13. The average Bonchev–Trinajstić information content (AvgIpc) is 3.00. The first kappa shape index (κ1) is 14.0. The predicted octanol–water partition coefficient (Wildman–Crippen LogP) is 1.70. The molecule has 0 radical (unpaired) electrons. The van der Waals surface area contributed by atoms with E-state index >= 15 is 0 Å². The zero-order valence-electron chi connectivity index (χ0n) is 10.8. The number of carbonyl (C=O) groups is 2. The number of halogens is 1. The third-order valence-electron chi connectivity index (χ3n) is 3.52. The van der Waals surface area contributed by atoms with Crippen molar-refractivity contribution in [2.75, 3.05) is 6.54 Å². The Morgan fingerprint density at radius 3 is 2.81 bits per heavy atom. The topological polar surface area (TPSA) is 77.8 Å². The first-order valence-electron chi connectivity index (χ1n) is 6.36. The molecule has 1 amide bonds. The Bertz CT molecular complexity index is 729. The van der Waals surface area contributed by atoms with Crippen molar-refractivity contribution >= 4 is 33.3 Å². The molecule has 1 aliphatic heterocycles. The number of likely N-dealkylation sites (tertiary alicyclic amines) is 1. The lowest BCUT2D eigenvalue weighted by atomic mass is 10.2. The van der Waals surface area contributed by atoms with Crippen LogP contribution in [0.5, 0.6) is 0 Å². The number of aliphatic hydroxyl groups excluding tert-OH is 1. The van der Waals surface area contributed by atoms with E-state index in [9.17, 15) is 19.1 Å². The highest BCUT2D eigenvalue weighted by atomic mass is 32.1. The Balaban J connectivity index is 1.94. The molecule has 2 N–H and O–H groups in total. The Morgan fingerprint density at radius 2 is 2.10 bits per heavy atom. The molecule has 21 heavy (non-hydrogen) atoms. The van der Waals surface area contributed by atoms with Crippen LogP contribution in [0.15, 0.2) is 24.3 Å². The number of carbonyl (C=O) groups excluding carboxylic acids is 1. The third-order valence-corrected chi connectivity index (χ3v) is 4.60. The van der Waals surface area contributed by atoms with Crippen molar-refractivity contribution in [3.8, 4) is 0 Å². The fourth-order valence-electron chi connectivity index (χ4n) is 2.52. The first-order chi connectivity index (χ1) is 9.95. The van der Waals surface area contributed by atoms with E-state index in [-0.39, 0.29) is 18.8 Å². The van der Waals surface area contributed by atoms with E-state index in [0.717, 1.165) is 21.6 Å². The summed E-state index contributed by atoms with van der Waals surface area (Å²) in [5, 5.41) is 19.4. The second-order valence-electron chi connectivity index (χ2n) is 4.99. The average molecular weight is 309 g/mol. The molecule has 1 fully saturated rings. The number of thiophene rings is 1. The number of carboxylic acids is 1. The maximum atomic E-state index is 13.2. The van der Waals surface area contributed by atoms with Crippen LogP contribution in [0.2, 0.25) is 0 Å². The molecular formula is C14H12FNO4S. The van der Waals surface area contributed by atoms with Crippen LogP contribution < -0.4 is 0 Å². The van der Waals surface area contributed by atoms with Crippen LogP contribution in [-0.2, 0) is 4.79 Å². The molecule has 1 aromatic carbocycles. The van der Waals surface area contributed by atoms with Gasteiger partial charge in [-0.2, -0.15) is 0 Å². The van der Waals surface area contributed by atoms with Crippen LogP contribution in [0, 0.1) is 5.82 Å². The number of carboxylic acid groups (broad SMARTS) is 1. The quantitative estimate of drug-likeness (QED) is 0.885. The maximum absolute atomic E-state index is 13.2. The monoisotopic (exact) mass is 309 g/mol. The van der Waals surface area contributed by atoms with Crippen molar-refractivity contribution in [2.45, 2.75) is 18.6 Å². The summed E-state index contributed by atoms with van der Waals surface area (Å²) >= 11 is 1.12. The molecular weight excluding hydrogens is 297 g/mol. The number of aliphatic carboxylic acids is 1. The molecule has 2 heterocycles. The van der Waals surface area contributed by atoms with Gasteiger partial charge in [-0.25, -0.2) is 9.18 Å². The number of fused-ring (bicyclic) bond motifs is 1. The maximum Gasteiger partial charge on any atom is 0.326 e. The van der Waals surface area contributed by atoms with Gasteiger partial charge >= 0.3 is 5.97 Å². The summed E-state index contributed by atoms with van der Waals surface area (Å²) in [5.41, 5.74) is 0. The molecule has 0 unspecified atom stereocenters. The third kappa shape index (κ3) is 2.50. The Hall–Kier alpha value is -1.99. The van der Waals surface area contributed by atoms with Gasteiger partial charge in [0.1, 0.15) is 11.9 Å². The molecule has 1 saturated heterocycles. The van der Waals surface area contributed by atoms with E-state index in [1.54, 1.807) is 12.1 Å². The van der Waals surface area contributed by atoms with Crippen LogP contribution in [0.4, 0.5) is 4.39 Å². The summed E-state index contributed by atoms with van der Waals surface area (Å²) in [6.07, 6.45) is -0.803. The van der Waals surface area contributed by atoms with Crippen LogP contribution in [-0.4, -0.2) is 45.7 Å². The molecule has 2 atom stereocenters. The van der Waals surface area contributed by atoms with E-state index in [1.165, 1.54) is 12.1 Å². The Morgan fingerprint density at radius 1 is 1.33 bits per heavy atom. The van der Waals surface area contributed by atoms with Crippen molar-refractivity contribution in [3.05, 3.63) is 35.0 Å². The second-order valence-corrected chi connectivity index (χ2v) is 6.08. The summed E-state index contributed by atoms with van der Waals surface area (Å²) in [4.78, 5) is 25.1. The molecule has 1 aliphatic rings. The lowest BCUT2D eigenvalue weighted by Gasteiger charge is -2.20. The van der Waals surface area contributed by atoms with Crippen LogP contribution in [0.3, 0.4) is 0 Å². The van der Waals surface area contributed by atoms with Crippen molar-refractivity contribution < 1.29 is 24.2 Å². The number of nitrogens with zero attached hydrogens (tertiary/aromatic N) is 1. The zero-order chi connectivity index (χ0) is 15.1. The fraction of sp³-hybridized carbons (Fsp3) is 0.286. The molecule has 1 aromatic heterocycles. The number of β-amino-alcohol motifs (C(OH)–C–C–N with tert-alkyl or cyclic N) is 1. The fourth-order valence-corrected chi connectivity index (χ4v) is 3.57. The van der Waals surface area contributed by atoms with Gasteiger partial charge in [0.05, 0.1) is 11.0 Å². The smallest absolute Gasteiger partial charge is 0.326 e. The predicted molar refractivity (Wildman–Crippen MR) is 74.9 cm³/mol. The van der Waals surface area contributed by atoms with Gasteiger partial charge in [-0.1, -0.05) is 6.07 Å². The minimum absolute atomic E-state index is 0.00158. The largest absolute Gasteiger partial charge is 0.480 e. The van der Waals surface area contributed by atoms with Gasteiger partial charge in [0.2, 0.25) is 0 Å². The van der Waals surface area contributed by atoms with Crippen LogP contribution in [0.25, 0.3) is 10.1 Å². The number of hydrogen-bond donors (Lipinski definition) is 2. The SMILES string of the molecule is O=C(O)[C@@H]1C[C@@H](O)CN1C(=O)c1cc2ccc(F)cc2s1. The van der Waals surface area contributed by atoms with Crippen molar-refractivity contribution in [1.82, 2.24) is 4.90 Å². The molecule has 3 rings (SSSR count). The lowest BCUT2D eigenvalue weighted by molar-refractivity contribution is -0.141. The molecule has 2 aromatic rings. The van der Waals surface area contributed by atoms with Crippen molar-refractivity contribution in [1.29, 1.82) is 0 Å². The van der Waals surface area contributed by atoms with E-state index in [1.807, 2.05) is 0 Å². The number of amides is 1. The first-order valence-corrected chi connectivity index (χ1v) is 7.18. The van der Waals surface area contributed by atoms with E-state index in [0.29, 0.717) is 9.58 Å². The highest BCUT2D eigenvalue weighted by Crippen LogP contribution is 2.29.